The summed E-state index contributed by atoms with van der Waals surface area (Å²) in [4.78, 5) is 24.3. The highest BCUT2D eigenvalue weighted by Crippen LogP contribution is 2.27. The van der Waals surface area contributed by atoms with Crippen LogP contribution in [0.2, 0.25) is 0 Å². The van der Waals surface area contributed by atoms with E-state index in [1.165, 1.54) is 36.5 Å². The molecule has 0 heterocycles. The first kappa shape index (κ1) is 21.3. The van der Waals surface area contributed by atoms with E-state index in [2.05, 4.69) is 43.5 Å². The molecule has 0 atom stereocenters. The van der Waals surface area contributed by atoms with E-state index in [-0.39, 0.29) is 18.4 Å². The lowest BCUT2D eigenvalue weighted by Gasteiger charge is -2.12. The summed E-state index contributed by atoms with van der Waals surface area (Å²) in [5.41, 5.74) is 5.35. The summed E-state index contributed by atoms with van der Waals surface area (Å²) in [5, 5.41) is 5.47. The molecule has 2 aromatic carbocycles. The molecule has 0 aliphatic rings. The van der Waals surface area contributed by atoms with E-state index in [1.807, 2.05) is 0 Å². The molecule has 2 rings (SSSR count). The summed E-state index contributed by atoms with van der Waals surface area (Å²) in [5.74, 6) is 0.430. The number of aryl methyl sites for hydroxylation is 3. The first-order chi connectivity index (χ1) is 13.3. The van der Waals surface area contributed by atoms with Crippen molar-refractivity contribution in [3.63, 3.8) is 0 Å². The molecular weight excluding hydrogens is 356 g/mol. The number of hydrogen-bond acceptors (Lipinski definition) is 4. The maximum absolute atomic E-state index is 12.2. The van der Waals surface area contributed by atoms with Gasteiger partial charge in [0.1, 0.15) is 0 Å². The monoisotopic (exact) mass is 384 g/mol. The Morgan fingerprint density at radius 2 is 1.54 bits per heavy atom. The number of amides is 2. The highest BCUT2D eigenvalue weighted by Gasteiger charge is 2.12. The molecule has 0 aromatic heterocycles. The largest absolute Gasteiger partial charge is 0.493 e. The second kappa shape index (κ2) is 9.78. The third-order valence-corrected chi connectivity index (χ3v) is 4.59. The first-order valence-corrected chi connectivity index (χ1v) is 9.19. The SMILES string of the molecule is COc1ccc(C(=O)NCC(=O)NCCc2c(C)cc(C)cc2C)cc1OC. The van der Waals surface area contributed by atoms with Crippen LogP contribution in [0.5, 0.6) is 11.5 Å². The fraction of sp³-hybridized carbons (Fsp3) is 0.364. The zero-order chi connectivity index (χ0) is 20.7. The number of benzene rings is 2. The second-order valence-electron chi connectivity index (χ2n) is 6.73. The van der Waals surface area contributed by atoms with E-state index >= 15 is 0 Å². The van der Waals surface area contributed by atoms with E-state index in [1.54, 1.807) is 18.2 Å². The molecule has 0 saturated heterocycles. The maximum Gasteiger partial charge on any atom is 0.251 e. The Kier molecular flexibility index (Phi) is 7.44. The number of rotatable bonds is 8. The van der Waals surface area contributed by atoms with Gasteiger partial charge in [-0.3, -0.25) is 9.59 Å². The smallest absolute Gasteiger partial charge is 0.251 e. The van der Waals surface area contributed by atoms with Gasteiger partial charge < -0.3 is 20.1 Å². The molecule has 28 heavy (non-hydrogen) atoms. The minimum atomic E-state index is -0.346. The summed E-state index contributed by atoms with van der Waals surface area (Å²) < 4.78 is 10.3. The minimum Gasteiger partial charge on any atom is -0.493 e. The lowest BCUT2D eigenvalue weighted by Crippen LogP contribution is -2.37. The molecule has 0 fully saturated rings. The highest BCUT2D eigenvalue weighted by atomic mass is 16.5. The van der Waals surface area contributed by atoms with Crippen LogP contribution in [0.25, 0.3) is 0 Å². The maximum atomic E-state index is 12.2. The molecule has 0 unspecified atom stereocenters. The van der Waals surface area contributed by atoms with Gasteiger partial charge in [0.25, 0.3) is 5.91 Å². The fourth-order valence-corrected chi connectivity index (χ4v) is 3.23. The van der Waals surface area contributed by atoms with Crippen molar-refractivity contribution >= 4 is 11.8 Å². The van der Waals surface area contributed by atoms with Gasteiger partial charge in [-0.15, -0.1) is 0 Å². The average Bonchev–Trinajstić information content (AvgIpc) is 2.67. The van der Waals surface area contributed by atoms with Crippen LogP contribution in [0.1, 0.15) is 32.6 Å². The molecular formula is C22H28N2O4. The quantitative estimate of drug-likeness (QED) is 0.734. The molecule has 0 saturated carbocycles. The van der Waals surface area contributed by atoms with Crippen molar-refractivity contribution in [3.05, 3.63) is 58.1 Å². The van der Waals surface area contributed by atoms with Crippen LogP contribution in [0, 0.1) is 20.8 Å². The van der Waals surface area contributed by atoms with Gasteiger partial charge in [-0.1, -0.05) is 17.7 Å². The van der Waals surface area contributed by atoms with Gasteiger partial charge in [0.05, 0.1) is 20.8 Å². The highest BCUT2D eigenvalue weighted by molar-refractivity contribution is 5.97. The van der Waals surface area contributed by atoms with Crippen LogP contribution in [0.4, 0.5) is 0 Å². The van der Waals surface area contributed by atoms with Gasteiger partial charge in [-0.2, -0.15) is 0 Å². The molecule has 2 aromatic rings. The van der Waals surface area contributed by atoms with Crippen LogP contribution >= 0.6 is 0 Å². The van der Waals surface area contributed by atoms with Gasteiger partial charge in [-0.25, -0.2) is 0 Å². The van der Waals surface area contributed by atoms with E-state index in [0.717, 1.165) is 6.42 Å². The predicted octanol–water partition coefficient (Wildman–Crippen LogP) is 2.72. The molecule has 2 N–H and O–H groups in total. The minimum absolute atomic E-state index is 0.0843. The van der Waals surface area contributed by atoms with Crippen molar-refractivity contribution in [2.75, 3.05) is 27.3 Å². The van der Waals surface area contributed by atoms with E-state index in [4.69, 9.17) is 9.47 Å². The average molecular weight is 384 g/mol. The van der Waals surface area contributed by atoms with Crippen molar-refractivity contribution in [3.8, 4) is 11.5 Å². The summed E-state index contributed by atoms with van der Waals surface area (Å²) in [6.45, 7) is 6.68. The first-order valence-electron chi connectivity index (χ1n) is 9.19. The number of ether oxygens (including phenoxy) is 2. The van der Waals surface area contributed by atoms with Crippen LogP contribution < -0.4 is 20.1 Å². The molecule has 6 nitrogen and oxygen atoms in total. The number of carbonyl (C=O) groups excluding carboxylic acids is 2. The number of methoxy groups -OCH3 is 2. The van der Waals surface area contributed by atoms with E-state index in [9.17, 15) is 9.59 Å². The zero-order valence-electron chi connectivity index (χ0n) is 17.1. The molecule has 6 heteroatoms. The van der Waals surface area contributed by atoms with Crippen molar-refractivity contribution in [1.29, 1.82) is 0 Å². The van der Waals surface area contributed by atoms with Crippen molar-refractivity contribution < 1.29 is 19.1 Å². The Morgan fingerprint density at radius 1 is 0.893 bits per heavy atom. The molecule has 0 spiro atoms. The normalized spacial score (nSPS) is 10.3. The van der Waals surface area contributed by atoms with Crippen molar-refractivity contribution in [2.24, 2.45) is 0 Å². The van der Waals surface area contributed by atoms with Gasteiger partial charge in [-0.05, 0) is 62.1 Å². The molecule has 0 aliphatic carbocycles. The second-order valence-corrected chi connectivity index (χ2v) is 6.73. The summed E-state index contributed by atoms with van der Waals surface area (Å²) in [6.07, 6.45) is 0.757. The lowest BCUT2D eigenvalue weighted by atomic mass is 9.97. The number of nitrogens with one attached hydrogen (secondary N) is 2. The van der Waals surface area contributed by atoms with Crippen LogP contribution in [0.15, 0.2) is 30.3 Å². The number of hydrogen-bond donors (Lipinski definition) is 2. The summed E-state index contributed by atoms with van der Waals surface area (Å²) in [7, 11) is 3.03. The summed E-state index contributed by atoms with van der Waals surface area (Å²) in [6, 6.07) is 9.15. The molecule has 2 amide bonds. The van der Waals surface area contributed by atoms with Crippen LogP contribution in [-0.4, -0.2) is 39.1 Å². The Labute approximate surface area is 166 Å². The zero-order valence-corrected chi connectivity index (χ0v) is 17.1. The molecule has 0 radical (unpaired) electrons. The Bertz CT molecular complexity index is 839. The van der Waals surface area contributed by atoms with Crippen LogP contribution in [-0.2, 0) is 11.2 Å². The van der Waals surface area contributed by atoms with Crippen molar-refractivity contribution in [2.45, 2.75) is 27.2 Å². The van der Waals surface area contributed by atoms with Gasteiger partial charge in [0.15, 0.2) is 11.5 Å². The van der Waals surface area contributed by atoms with E-state index < -0.39 is 0 Å². The third kappa shape index (κ3) is 5.49. The molecule has 0 aliphatic heterocycles. The van der Waals surface area contributed by atoms with Crippen LogP contribution in [0.3, 0.4) is 0 Å². The van der Waals surface area contributed by atoms with Gasteiger partial charge in [0.2, 0.25) is 5.91 Å². The predicted molar refractivity (Wildman–Crippen MR) is 109 cm³/mol. The topological polar surface area (TPSA) is 76.7 Å². The van der Waals surface area contributed by atoms with Crippen molar-refractivity contribution in [1.82, 2.24) is 10.6 Å². The lowest BCUT2D eigenvalue weighted by molar-refractivity contribution is -0.120. The van der Waals surface area contributed by atoms with E-state index in [0.29, 0.717) is 23.6 Å². The summed E-state index contributed by atoms with van der Waals surface area (Å²) >= 11 is 0. The van der Waals surface area contributed by atoms with Gasteiger partial charge >= 0.3 is 0 Å². The Hall–Kier alpha value is -3.02. The fourth-order valence-electron chi connectivity index (χ4n) is 3.23. The molecule has 150 valence electrons. The standard InChI is InChI=1S/C22H28N2O4/c1-14-10-15(2)18(16(3)11-14)8-9-23-21(25)13-24-22(26)17-6-7-19(27-4)20(12-17)28-5/h6-7,10-12H,8-9,13H2,1-5H3,(H,23,25)(H,24,26). The Balaban J connectivity index is 1.83. The molecule has 0 bridgehead atoms. The van der Waals surface area contributed by atoms with Gasteiger partial charge in [0, 0.05) is 12.1 Å². The Morgan fingerprint density at radius 3 is 2.14 bits per heavy atom. The third-order valence-electron chi connectivity index (χ3n) is 4.59. The number of carbonyl (C=O) groups is 2.